The minimum absolute atomic E-state index is 0.121. The monoisotopic (exact) mass is 311 g/mol. The van der Waals surface area contributed by atoms with Crippen LogP contribution in [0.2, 0.25) is 0 Å². The van der Waals surface area contributed by atoms with Gasteiger partial charge in [-0.1, -0.05) is 41.4 Å². The summed E-state index contributed by atoms with van der Waals surface area (Å²) in [5.74, 6) is -0.187. The van der Waals surface area contributed by atoms with Crippen LogP contribution in [0.4, 0.5) is 4.39 Å². The van der Waals surface area contributed by atoms with Gasteiger partial charge in [0.05, 0.1) is 0 Å². The zero-order valence-corrected chi connectivity index (χ0v) is 12.4. The highest BCUT2D eigenvalue weighted by Crippen LogP contribution is 2.36. The van der Waals surface area contributed by atoms with Crippen molar-refractivity contribution in [3.05, 3.63) is 45.7 Å². The molecule has 2 N–H and O–H groups in total. The Balaban J connectivity index is 2.21. The summed E-state index contributed by atoms with van der Waals surface area (Å²) in [5, 5.41) is 0. The van der Waals surface area contributed by atoms with Crippen LogP contribution in [0.1, 0.15) is 32.3 Å². The second-order valence-corrected chi connectivity index (χ2v) is 6.80. The van der Waals surface area contributed by atoms with E-state index in [2.05, 4.69) is 35.9 Å². The first-order chi connectivity index (χ1) is 8.35. The first-order valence-corrected chi connectivity index (χ1v) is 7.04. The van der Waals surface area contributed by atoms with Gasteiger partial charge in [0, 0.05) is 10.5 Å². The standard InChI is InChI=1S/C15H19BrFN/c1-15(2)8-10(6-13(18)9-15)5-11-7-12(17)3-4-14(11)16/h3-4,6-7,13H,5,8-9,18H2,1-2H3. The van der Waals surface area contributed by atoms with Crippen molar-refractivity contribution >= 4 is 15.9 Å². The summed E-state index contributed by atoms with van der Waals surface area (Å²) < 4.78 is 14.2. The number of hydrogen-bond acceptors (Lipinski definition) is 1. The predicted octanol–water partition coefficient (Wildman–Crippen LogP) is 4.20. The minimum atomic E-state index is -0.187. The lowest BCUT2D eigenvalue weighted by atomic mass is 9.74. The van der Waals surface area contributed by atoms with E-state index in [1.807, 2.05) is 0 Å². The molecule has 0 fully saturated rings. The molecule has 0 spiro atoms. The Kier molecular flexibility index (Phi) is 3.93. The van der Waals surface area contributed by atoms with Crippen molar-refractivity contribution in [3.8, 4) is 0 Å². The van der Waals surface area contributed by atoms with Gasteiger partial charge in [0.2, 0.25) is 0 Å². The van der Waals surface area contributed by atoms with E-state index in [0.29, 0.717) is 0 Å². The van der Waals surface area contributed by atoms with Crippen molar-refractivity contribution in [2.24, 2.45) is 11.1 Å². The first-order valence-electron chi connectivity index (χ1n) is 6.25. The van der Waals surface area contributed by atoms with Crippen LogP contribution in [0.25, 0.3) is 0 Å². The van der Waals surface area contributed by atoms with E-state index in [4.69, 9.17) is 5.73 Å². The van der Waals surface area contributed by atoms with Gasteiger partial charge >= 0.3 is 0 Å². The van der Waals surface area contributed by atoms with Gasteiger partial charge < -0.3 is 5.73 Å². The lowest BCUT2D eigenvalue weighted by molar-refractivity contribution is 0.299. The minimum Gasteiger partial charge on any atom is -0.324 e. The Hall–Kier alpha value is -0.670. The molecule has 0 saturated carbocycles. The van der Waals surface area contributed by atoms with Crippen LogP contribution in [0, 0.1) is 11.2 Å². The van der Waals surface area contributed by atoms with Crippen LogP contribution < -0.4 is 5.73 Å². The average Bonchev–Trinajstić information content (AvgIpc) is 2.20. The second-order valence-electron chi connectivity index (χ2n) is 5.95. The van der Waals surface area contributed by atoms with Crippen molar-refractivity contribution in [1.29, 1.82) is 0 Å². The highest BCUT2D eigenvalue weighted by molar-refractivity contribution is 9.10. The number of rotatable bonds is 2. The number of halogens is 2. The number of hydrogen-bond donors (Lipinski definition) is 1. The van der Waals surface area contributed by atoms with Gasteiger partial charge in [0.15, 0.2) is 0 Å². The van der Waals surface area contributed by atoms with Crippen LogP contribution in [-0.2, 0) is 6.42 Å². The smallest absolute Gasteiger partial charge is 0.123 e. The number of allylic oxidation sites excluding steroid dienone is 1. The van der Waals surface area contributed by atoms with E-state index in [1.54, 1.807) is 12.1 Å². The fourth-order valence-corrected chi connectivity index (χ4v) is 3.18. The molecule has 0 radical (unpaired) electrons. The molecule has 1 aromatic rings. The largest absolute Gasteiger partial charge is 0.324 e. The Morgan fingerprint density at radius 1 is 1.44 bits per heavy atom. The summed E-state index contributed by atoms with van der Waals surface area (Å²) in [5.41, 5.74) is 8.60. The molecular weight excluding hydrogens is 293 g/mol. The molecule has 0 amide bonds. The van der Waals surface area contributed by atoms with Gasteiger partial charge in [-0.05, 0) is 48.4 Å². The molecule has 1 nitrogen and oxygen atoms in total. The fourth-order valence-electron chi connectivity index (χ4n) is 2.79. The molecule has 18 heavy (non-hydrogen) atoms. The van der Waals surface area contributed by atoms with E-state index in [1.165, 1.54) is 11.6 Å². The first kappa shape index (κ1) is 13.8. The quantitative estimate of drug-likeness (QED) is 0.814. The van der Waals surface area contributed by atoms with Crippen molar-refractivity contribution in [1.82, 2.24) is 0 Å². The normalized spacial score (nSPS) is 22.7. The maximum absolute atomic E-state index is 13.3. The van der Waals surface area contributed by atoms with Gasteiger partial charge in [-0.2, -0.15) is 0 Å². The Labute approximate surface area is 116 Å². The Bertz CT molecular complexity index is 479. The number of benzene rings is 1. The molecule has 2 rings (SSSR count). The summed E-state index contributed by atoms with van der Waals surface area (Å²) in [6.45, 7) is 4.47. The number of nitrogens with two attached hydrogens (primary N) is 1. The van der Waals surface area contributed by atoms with Crippen LogP contribution in [-0.4, -0.2) is 6.04 Å². The summed E-state index contributed by atoms with van der Waals surface area (Å²) in [6, 6.07) is 4.95. The molecule has 1 aliphatic carbocycles. The van der Waals surface area contributed by atoms with E-state index in [-0.39, 0.29) is 17.3 Å². The van der Waals surface area contributed by atoms with Gasteiger partial charge in [-0.15, -0.1) is 0 Å². The third-order valence-corrected chi connectivity index (χ3v) is 4.14. The summed E-state index contributed by atoms with van der Waals surface area (Å²) >= 11 is 3.48. The molecule has 98 valence electrons. The van der Waals surface area contributed by atoms with Gasteiger partial charge in [0.1, 0.15) is 5.82 Å². The SMILES string of the molecule is CC1(C)CC(Cc2cc(F)ccc2Br)=CC(N)C1. The average molecular weight is 312 g/mol. The van der Waals surface area contributed by atoms with Crippen molar-refractivity contribution < 1.29 is 4.39 Å². The van der Waals surface area contributed by atoms with E-state index < -0.39 is 0 Å². The van der Waals surface area contributed by atoms with Crippen molar-refractivity contribution in [2.45, 2.75) is 39.2 Å². The van der Waals surface area contributed by atoms with Crippen LogP contribution >= 0.6 is 15.9 Å². The molecule has 0 bridgehead atoms. The zero-order valence-electron chi connectivity index (χ0n) is 10.8. The predicted molar refractivity (Wildman–Crippen MR) is 76.9 cm³/mol. The van der Waals surface area contributed by atoms with E-state index >= 15 is 0 Å². The van der Waals surface area contributed by atoms with Gasteiger partial charge in [0.25, 0.3) is 0 Å². The highest BCUT2D eigenvalue weighted by atomic mass is 79.9. The topological polar surface area (TPSA) is 26.0 Å². The second kappa shape index (κ2) is 5.14. The van der Waals surface area contributed by atoms with Crippen molar-refractivity contribution in [3.63, 3.8) is 0 Å². The lowest BCUT2D eigenvalue weighted by Gasteiger charge is -2.33. The molecule has 1 aromatic carbocycles. The maximum atomic E-state index is 13.3. The highest BCUT2D eigenvalue weighted by Gasteiger charge is 2.27. The zero-order chi connectivity index (χ0) is 13.3. The Morgan fingerprint density at radius 2 is 2.17 bits per heavy atom. The molecule has 0 aliphatic heterocycles. The summed E-state index contributed by atoms with van der Waals surface area (Å²) in [4.78, 5) is 0. The van der Waals surface area contributed by atoms with E-state index in [0.717, 1.165) is 29.3 Å². The summed E-state index contributed by atoms with van der Waals surface area (Å²) in [6.07, 6.45) is 4.96. The third kappa shape index (κ3) is 3.42. The summed E-state index contributed by atoms with van der Waals surface area (Å²) in [7, 11) is 0. The van der Waals surface area contributed by atoms with Gasteiger partial charge in [-0.3, -0.25) is 0 Å². The molecule has 0 saturated heterocycles. The lowest BCUT2D eigenvalue weighted by Crippen LogP contribution is -2.31. The third-order valence-electron chi connectivity index (χ3n) is 3.37. The molecular formula is C15H19BrFN. The van der Waals surface area contributed by atoms with Crippen LogP contribution in [0.3, 0.4) is 0 Å². The van der Waals surface area contributed by atoms with Crippen LogP contribution in [0.15, 0.2) is 34.3 Å². The van der Waals surface area contributed by atoms with Gasteiger partial charge in [-0.25, -0.2) is 4.39 Å². The molecule has 1 aliphatic rings. The molecule has 3 heteroatoms. The van der Waals surface area contributed by atoms with E-state index in [9.17, 15) is 4.39 Å². The molecule has 1 atom stereocenters. The Morgan fingerprint density at radius 3 is 2.83 bits per heavy atom. The fraction of sp³-hybridized carbons (Fsp3) is 0.467. The molecule has 0 aromatic heterocycles. The molecule has 0 heterocycles. The van der Waals surface area contributed by atoms with Crippen molar-refractivity contribution in [2.75, 3.05) is 0 Å². The maximum Gasteiger partial charge on any atom is 0.123 e. The molecule has 1 unspecified atom stereocenters. The van der Waals surface area contributed by atoms with Crippen LogP contribution in [0.5, 0.6) is 0 Å².